The highest BCUT2D eigenvalue weighted by molar-refractivity contribution is 5.98. The Kier molecular flexibility index (Phi) is 6.16. The molecule has 0 aliphatic carbocycles. The highest BCUT2D eigenvalue weighted by atomic mass is 16.5. The Labute approximate surface area is 137 Å². The molecule has 23 heavy (non-hydrogen) atoms. The number of carbonyl (C=O) groups excluding carboxylic acids is 2. The van der Waals surface area contributed by atoms with Crippen molar-refractivity contribution in [3.05, 3.63) is 35.4 Å². The summed E-state index contributed by atoms with van der Waals surface area (Å²) in [7, 11) is 0. The number of rotatable bonds is 6. The molecular formula is C18H26N2O3. The fourth-order valence-corrected chi connectivity index (χ4v) is 2.71. The molecule has 1 fully saturated rings. The molecule has 2 amide bonds. The molecule has 0 aromatic heterocycles. The fourth-order valence-electron chi connectivity index (χ4n) is 2.71. The lowest BCUT2D eigenvalue weighted by Crippen LogP contribution is -2.51. The van der Waals surface area contributed by atoms with Crippen molar-refractivity contribution in [3.8, 4) is 0 Å². The van der Waals surface area contributed by atoms with Crippen molar-refractivity contribution >= 4 is 11.8 Å². The van der Waals surface area contributed by atoms with Crippen LogP contribution in [0.1, 0.15) is 42.6 Å². The lowest BCUT2D eigenvalue weighted by Gasteiger charge is -2.23. The van der Waals surface area contributed by atoms with Gasteiger partial charge in [0.05, 0.1) is 6.10 Å². The third-order valence-electron chi connectivity index (χ3n) is 4.15. The van der Waals surface area contributed by atoms with Gasteiger partial charge < -0.3 is 15.4 Å². The van der Waals surface area contributed by atoms with Gasteiger partial charge in [-0.1, -0.05) is 32.0 Å². The summed E-state index contributed by atoms with van der Waals surface area (Å²) in [4.78, 5) is 24.8. The monoisotopic (exact) mass is 318 g/mol. The van der Waals surface area contributed by atoms with Crippen molar-refractivity contribution in [2.24, 2.45) is 5.92 Å². The standard InChI is InChI=1S/C18H26N2O3/c1-12(2)16(18(22)19-11-14-8-6-10-23-14)20-17(21)15-9-5-4-7-13(15)3/h4-5,7,9,12,14,16H,6,8,10-11H2,1-3H3,(H,19,22)(H,20,21)/t14-,16-/m0/s1. The van der Waals surface area contributed by atoms with Crippen LogP contribution in [0.25, 0.3) is 0 Å². The van der Waals surface area contributed by atoms with E-state index >= 15 is 0 Å². The molecule has 0 unspecified atom stereocenters. The molecule has 1 aliphatic heterocycles. The minimum absolute atomic E-state index is 0.00691. The summed E-state index contributed by atoms with van der Waals surface area (Å²) >= 11 is 0. The topological polar surface area (TPSA) is 67.4 Å². The van der Waals surface area contributed by atoms with Gasteiger partial charge in [0.15, 0.2) is 0 Å². The first-order chi connectivity index (χ1) is 11.0. The molecule has 1 aromatic carbocycles. The van der Waals surface area contributed by atoms with E-state index in [9.17, 15) is 9.59 Å². The maximum absolute atomic E-state index is 12.4. The first-order valence-electron chi connectivity index (χ1n) is 8.25. The smallest absolute Gasteiger partial charge is 0.252 e. The Morgan fingerprint density at radius 3 is 2.65 bits per heavy atom. The zero-order valence-electron chi connectivity index (χ0n) is 14.1. The minimum atomic E-state index is -0.552. The van der Waals surface area contributed by atoms with Crippen molar-refractivity contribution < 1.29 is 14.3 Å². The van der Waals surface area contributed by atoms with Gasteiger partial charge in [0, 0.05) is 18.7 Å². The summed E-state index contributed by atoms with van der Waals surface area (Å²) in [5.41, 5.74) is 1.50. The highest BCUT2D eigenvalue weighted by Crippen LogP contribution is 2.12. The number of nitrogens with one attached hydrogen (secondary N) is 2. The molecule has 2 N–H and O–H groups in total. The number of hydrogen-bond acceptors (Lipinski definition) is 3. The maximum Gasteiger partial charge on any atom is 0.252 e. The van der Waals surface area contributed by atoms with Gasteiger partial charge in [0.25, 0.3) is 5.91 Å². The molecule has 1 saturated heterocycles. The van der Waals surface area contributed by atoms with Crippen LogP contribution >= 0.6 is 0 Å². The van der Waals surface area contributed by atoms with Gasteiger partial charge in [-0.15, -0.1) is 0 Å². The molecule has 2 atom stereocenters. The zero-order valence-corrected chi connectivity index (χ0v) is 14.1. The Balaban J connectivity index is 1.96. The molecule has 5 heteroatoms. The SMILES string of the molecule is Cc1ccccc1C(=O)N[C@H](C(=O)NC[C@@H]1CCCO1)C(C)C. The number of aryl methyl sites for hydroxylation is 1. The van der Waals surface area contributed by atoms with E-state index in [1.165, 1.54) is 0 Å². The fraction of sp³-hybridized carbons (Fsp3) is 0.556. The van der Waals surface area contributed by atoms with Gasteiger partial charge in [0.2, 0.25) is 5.91 Å². The summed E-state index contributed by atoms with van der Waals surface area (Å²) in [5, 5.41) is 5.76. The average Bonchev–Trinajstić information content (AvgIpc) is 3.03. The second-order valence-corrected chi connectivity index (χ2v) is 6.39. The Hall–Kier alpha value is -1.88. The van der Waals surface area contributed by atoms with Crippen molar-refractivity contribution in [3.63, 3.8) is 0 Å². The van der Waals surface area contributed by atoms with E-state index in [0.717, 1.165) is 25.0 Å². The van der Waals surface area contributed by atoms with Gasteiger partial charge in [-0.25, -0.2) is 0 Å². The lowest BCUT2D eigenvalue weighted by atomic mass is 10.0. The van der Waals surface area contributed by atoms with Crippen LogP contribution in [0.2, 0.25) is 0 Å². The van der Waals surface area contributed by atoms with Gasteiger partial charge in [-0.05, 0) is 37.3 Å². The van der Waals surface area contributed by atoms with E-state index in [1.54, 1.807) is 6.07 Å². The lowest BCUT2D eigenvalue weighted by molar-refractivity contribution is -0.124. The van der Waals surface area contributed by atoms with E-state index in [4.69, 9.17) is 4.74 Å². The van der Waals surface area contributed by atoms with Crippen LogP contribution in [-0.4, -0.2) is 37.1 Å². The number of benzene rings is 1. The van der Waals surface area contributed by atoms with Crippen LogP contribution in [0, 0.1) is 12.8 Å². The van der Waals surface area contributed by atoms with Crippen molar-refractivity contribution in [1.82, 2.24) is 10.6 Å². The second kappa shape index (κ2) is 8.11. The maximum atomic E-state index is 12.4. The molecule has 2 rings (SSSR count). The number of amides is 2. The number of carbonyl (C=O) groups is 2. The average molecular weight is 318 g/mol. The van der Waals surface area contributed by atoms with E-state index in [2.05, 4.69) is 10.6 Å². The van der Waals surface area contributed by atoms with Crippen LogP contribution in [0.4, 0.5) is 0 Å². The normalized spacial score (nSPS) is 18.7. The molecule has 1 aromatic rings. The summed E-state index contributed by atoms with van der Waals surface area (Å²) in [6.07, 6.45) is 2.11. The Bertz CT molecular complexity index is 551. The van der Waals surface area contributed by atoms with Gasteiger partial charge in [-0.3, -0.25) is 9.59 Å². The predicted octanol–water partition coefficient (Wildman–Crippen LogP) is 2.04. The van der Waals surface area contributed by atoms with Crippen LogP contribution in [0.3, 0.4) is 0 Å². The molecule has 126 valence electrons. The Morgan fingerprint density at radius 1 is 1.30 bits per heavy atom. The molecular weight excluding hydrogens is 292 g/mol. The van der Waals surface area contributed by atoms with Crippen molar-refractivity contribution in [2.75, 3.05) is 13.2 Å². The number of hydrogen-bond donors (Lipinski definition) is 2. The zero-order chi connectivity index (χ0) is 16.8. The first kappa shape index (κ1) is 17.5. The van der Waals surface area contributed by atoms with Crippen LogP contribution in [0.15, 0.2) is 24.3 Å². The van der Waals surface area contributed by atoms with Crippen LogP contribution < -0.4 is 10.6 Å². The Morgan fingerprint density at radius 2 is 2.04 bits per heavy atom. The summed E-state index contributed by atoms with van der Waals surface area (Å²) in [6.45, 7) is 7.00. The van der Waals surface area contributed by atoms with Gasteiger partial charge >= 0.3 is 0 Å². The largest absolute Gasteiger partial charge is 0.376 e. The minimum Gasteiger partial charge on any atom is -0.376 e. The first-order valence-corrected chi connectivity index (χ1v) is 8.25. The molecule has 1 heterocycles. The quantitative estimate of drug-likeness (QED) is 0.843. The van der Waals surface area contributed by atoms with Crippen LogP contribution in [0.5, 0.6) is 0 Å². The van der Waals surface area contributed by atoms with Gasteiger partial charge in [-0.2, -0.15) is 0 Å². The van der Waals surface area contributed by atoms with Crippen molar-refractivity contribution in [1.29, 1.82) is 0 Å². The predicted molar refractivity (Wildman–Crippen MR) is 89.3 cm³/mol. The van der Waals surface area contributed by atoms with E-state index < -0.39 is 6.04 Å². The molecule has 1 aliphatic rings. The van der Waals surface area contributed by atoms with Crippen molar-refractivity contribution in [2.45, 2.75) is 45.8 Å². The molecule has 5 nitrogen and oxygen atoms in total. The highest BCUT2D eigenvalue weighted by Gasteiger charge is 2.26. The molecule has 0 radical (unpaired) electrons. The van der Waals surface area contributed by atoms with Gasteiger partial charge in [0.1, 0.15) is 6.04 Å². The molecule has 0 spiro atoms. The third-order valence-corrected chi connectivity index (χ3v) is 4.15. The van der Waals surface area contributed by atoms with E-state index in [1.807, 2.05) is 39.0 Å². The molecule has 0 bridgehead atoms. The van der Waals surface area contributed by atoms with E-state index in [0.29, 0.717) is 12.1 Å². The number of ether oxygens (including phenoxy) is 1. The van der Waals surface area contributed by atoms with E-state index in [-0.39, 0.29) is 23.8 Å². The summed E-state index contributed by atoms with van der Waals surface area (Å²) < 4.78 is 5.51. The second-order valence-electron chi connectivity index (χ2n) is 6.39. The molecule has 0 saturated carbocycles. The third kappa shape index (κ3) is 4.79. The van der Waals surface area contributed by atoms with Crippen LogP contribution in [-0.2, 0) is 9.53 Å². The summed E-state index contributed by atoms with van der Waals surface area (Å²) in [5.74, 6) is -0.362. The summed E-state index contributed by atoms with van der Waals surface area (Å²) in [6, 6.07) is 6.82.